The van der Waals surface area contributed by atoms with E-state index >= 15 is 0 Å². The highest BCUT2D eigenvalue weighted by Crippen LogP contribution is 2.26. The van der Waals surface area contributed by atoms with Crippen LogP contribution >= 0.6 is 0 Å². The maximum Gasteiger partial charge on any atom is 0.267 e. The number of carbonyl (C=O) groups excluding carboxylic acids is 1. The first-order valence-electron chi connectivity index (χ1n) is 9.83. The van der Waals surface area contributed by atoms with E-state index in [1.54, 1.807) is 12.5 Å². The molecular formula is C24H26N4O. The maximum absolute atomic E-state index is 12.7. The van der Waals surface area contributed by atoms with Crippen LogP contribution in [0.3, 0.4) is 0 Å². The van der Waals surface area contributed by atoms with E-state index in [-0.39, 0.29) is 11.3 Å². The van der Waals surface area contributed by atoms with Gasteiger partial charge in [-0.25, -0.2) is 4.98 Å². The van der Waals surface area contributed by atoms with E-state index < -0.39 is 0 Å². The van der Waals surface area contributed by atoms with Crippen LogP contribution in [-0.2, 0) is 18.5 Å². The minimum Gasteiger partial charge on any atom is -0.351 e. The molecule has 2 N–H and O–H groups in total. The van der Waals surface area contributed by atoms with Crippen molar-refractivity contribution in [1.29, 1.82) is 0 Å². The second-order valence-electron chi connectivity index (χ2n) is 8.47. The Kier molecular flexibility index (Phi) is 4.97. The molecule has 4 aromatic rings. The number of H-pyrrole nitrogens is 1. The molecule has 4 rings (SSSR count). The fourth-order valence-electron chi connectivity index (χ4n) is 3.42. The van der Waals surface area contributed by atoms with E-state index in [1.165, 1.54) is 11.1 Å². The Morgan fingerprint density at radius 1 is 1.10 bits per heavy atom. The Balaban J connectivity index is 1.44. The zero-order valence-corrected chi connectivity index (χ0v) is 17.1. The van der Waals surface area contributed by atoms with E-state index in [1.807, 2.05) is 29.0 Å². The van der Waals surface area contributed by atoms with Gasteiger partial charge in [0.1, 0.15) is 5.69 Å². The number of amides is 1. The second kappa shape index (κ2) is 7.59. The topological polar surface area (TPSA) is 62.7 Å². The molecule has 5 nitrogen and oxygen atoms in total. The second-order valence-corrected chi connectivity index (χ2v) is 8.47. The van der Waals surface area contributed by atoms with Crippen molar-refractivity contribution in [3.8, 4) is 0 Å². The van der Waals surface area contributed by atoms with Gasteiger partial charge in [-0.05, 0) is 34.2 Å². The van der Waals surface area contributed by atoms with Gasteiger partial charge in [0, 0.05) is 36.4 Å². The highest BCUT2D eigenvalue weighted by molar-refractivity contribution is 5.98. The summed E-state index contributed by atoms with van der Waals surface area (Å²) in [6.07, 6.45) is 5.51. The molecule has 0 unspecified atom stereocenters. The van der Waals surface area contributed by atoms with Gasteiger partial charge in [-0.1, -0.05) is 57.2 Å². The summed E-state index contributed by atoms with van der Waals surface area (Å²) >= 11 is 0. The van der Waals surface area contributed by atoms with E-state index in [9.17, 15) is 4.79 Å². The fourth-order valence-corrected chi connectivity index (χ4v) is 3.42. The zero-order valence-electron chi connectivity index (χ0n) is 17.1. The van der Waals surface area contributed by atoms with Crippen molar-refractivity contribution in [2.45, 2.75) is 39.3 Å². The average molecular weight is 386 g/mol. The summed E-state index contributed by atoms with van der Waals surface area (Å²) < 4.78 is 2.02. The van der Waals surface area contributed by atoms with E-state index in [4.69, 9.17) is 0 Å². The lowest BCUT2D eigenvalue weighted by atomic mass is 9.87. The molecule has 2 aromatic carbocycles. The van der Waals surface area contributed by atoms with Crippen molar-refractivity contribution in [2.24, 2.45) is 0 Å². The molecule has 0 fully saturated rings. The summed E-state index contributed by atoms with van der Waals surface area (Å²) in [4.78, 5) is 20.0. The first kappa shape index (κ1) is 19.0. The van der Waals surface area contributed by atoms with Crippen molar-refractivity contribution in [3.63, 3.8) is 0 Å². The summed E-state index contributed by atoms with van der Waals surface area (Å²) in [7, 11) is 0. The van der Waals surface area contributed by atoms with Gasteiger partial charge in [0.25, 0.3) is 5.91 Å². The first-order chi connectivity index (χ1) is 13.9. The van der Waals surface area contributed by atoms with Gasteiger partial charge >= 0.3 is 0 Å². The summed E-state index contributed by atoms with van der Waals surface area (Å²) in [5, 5.41) is 4.06. The maximum atomic E-state index is 12.7. The number of fused-ring (bicyclic) bond motifs is 1. The Bertz CT molecular complexity index is 1130. The predicted molar refractivity (Wildman–Crippen MR) is 116 cm³/mol. The standard InChI is InChI=1S/C24H26N4O/c1-24(2,3)20-8-7-19-12-22(27-21(19)13-20)23(29)26-14-17-5-4-6-18(11-17)15-28-10-9-25-16-28/h4-13,16,27H,14-15H2,1-3H3,(H,26,29). The van der Waals surface area contributed by atoms with Crippen LogP contribution in [0.5, 0.6) is 0 Å². The Morgan fingerprint density at radius 3 is 2.69 bits per heavy atom. The van der Waals surface area contributed by atoms with Crippen LogP contribution in [0.25, 0.3) is 10.9 Å². The van der Waals surface area contributed by atoms with Crippen LogP contribution < -0.4 is 5.32 Å². The number of hydrogen-bond donors (Lipinski definition) is 2. The van der Waals surface area contributed by atoms with E-state index in [0.29, 0.717) is 12.2 Å². The van der Waals surface area contributed by atoms with Crippen molar-refractivity contribution < 1.29 is 4.79 Å². The number of benzene rings is 2. The zero-order chi connectivity index (χ0) is 20.4. The lowest BCUT2D eigenvalue weighted by Crippen LogP contribution is -2.23. The number of imidazole rings is 1. The van der Waals surface area contributed by atoms with E-state index in [2.05, 4.69) is 66.4 Å². The van der Waals surface area contributed by atoms with E-state index in [0.717, 1.165) is 23.0 Å². The van der Waals surface area contributed by atoms with Crippen LogP contribution in [0.4, 0.5) is 0 Å². The molecule has 0 aliphatic rings. The Morgan fingerprint density at radius 2 is 1.93 bits per heavy atom. The molecule has 0 atom stereocenters. The molecule has 2 heterocycles. The van der Waals surface area contributed by atoms with Crippen molar-refractivity contribution in [1.82, 2.24) is 19.9 Å². The molecule has 2 aromatic heterocycles. The number of hydrogen-bond acceptors (Lipinski definition) is 2. The molecule has 0 saturated carbocycles. The van der Waals surface area contributed by atoms with Gasteiger partial charge in [0.15, 0.2) is 0 Å². The monoisotopic (exact) mass is 386 g/mol. The molecule has 1 amide bonds. The lowest BCUT2D eigenvalue weighted by Gasteiger charge is -2.18. The summed E-state index contributed by atoms with van der Waals surface area (Å²) in [5.74, 6) is -0.0986. The van der Waals surface area contributed by atoms with Gasteiger partial charge in [0.05, 0.1) is 6.33 Å². The number of rotatable bonds is 5. The molecule has 0 bridgehead atoms. The normalized spacial score (nSPS) is 11.7. The smallest absolute Gasteiger partial charge is 0.267 e. The van der Waals surface area contributed by atoms with Crippen LogP contribution in [0.2, 0.25) is 0 Å². The van der Waals surface area contributed by atoms with Gasteiger partial charge in [-0.3, -0.25) is 4.79 Å². The quantitative estimate of drug-likeness (QED) is 0.525. The minimum atomic E-state index is -0.0986. The van der Waals surface area contributed by atoms with Crippen LogP contribution in [0, 0.1) is 0 Å². The lowest BCUT2D eigenvalue weighted by molar-refractivity contribution is 0.0946. The van der Waals surface area contributed by atoms with Crippen molar-refractivity contribution in [2.75, 3.05) is 0 Å². The molecule has 0 saturated heterocycles. The highest BCUT2D eigenvalue weighted by Gasteiger charge is 2.15. The Hall–Kier alpha value is -3.34. The predicted octanol–water partition coefficient (Wildman–Crippen LogP) is 4.64. The molecule has 0 aliphatic carbocycles. The third kappa shape index (κ3) is 4.40. The SMILES string of the molecule is CC(C)(C)c1ccc2cc(C(=O)NCc3cccc(Cn4ccnc4)c3)[nH]c2c1. The molecular weight excluding hydrogens is 360 g/mol. The average Bonchev–Trinajstić information content (AvgIpc) is 3.34. The molecule has 0 radical (unpaired) electrons. The van der Waals surface area contributed by atoms with Gasteiger partial charge in [-0.2, -0.15) is 0 Å². The van der Waals surface area contributed by atoms with Gasteiger partial charge in [0.2, 0.25) is 0 Å². The Labute approximate surface area is 170 Å². The summed E-state index contributed by atoms with van der Waals surface area (Å²) in [5.41, 5.74) is 5.14. The van der Waals surface area contributed by atoms with Crippen LogP contribution in [-0.4, -0.2) is 20.4 Å². The summed E-state index contributed by atoms with van der Waals surface area (Å²) in [6.45, 7) is 7.81. The first-order valence-corrected chi connectivity index (χ1v) is 9.83. The van der Waals surface area contributed by atoms with Crippen LogP contribution in [0.15, 0.2) is 67.3 Å². The number of carbonyl (C=O) groups is 1. The van der Waals surface area contributed by atoms with Gasteiger partial charge in [-0.15, -0.1) is 0 Å². The number of nitrogens with zero attached hydrogens (tertiary/aromatic N) is 2. The number of aromatic nitrogens is 3. The number of nitrogens with one attached hydrogen (secondary N) is 2. The van der Waals surface area contributed by atoms with Crippen LogP contribution in [0.1, 0.15) is 48.0 Å². The van der Waals surface area contributed by atoms with Crippen molar-refractivity contribution >= 4 is 16.8 Å². The minimum absolute atomic E-state index is 0.0729. The molecule has 29 heavy (non-hydrogen) atoms. The summed E-state index contributed by atoms with van der Waals surface area (Å²) in [6, 6.07) is 16.5. The van der Waals surface area contributed by atoms with Crippen molar-refractivity contribution in [3.05, 3.63) is 89.6 Å². The fraction of sp³-hybridized carbons (Fsp3) is 0.250. The highest BCUT2D eigenvalue weighted by atomic mass is 16.1. The largest absolute Gasteiger partial charge is 0.351 e. The third-order valence-corrected chi connectivity index (χ3v) is 5.10. The molecule has 148 valence electrons. The molecule has 0 spiro atoms. The number of aromatic amines is 1. The molecule has 5 heteroatoms. The molecule has 0 aliphatic heterocycles. The third-order valence-electron chi connectivity index (χ3n) is 5.10. The van der Waals surface area contributed by atoms with Gasteiger partial charge < -0.3 is 14.9 Å².